The predicted molar refractivity (Wildman–Crippen MR) is 156 cm³/mol. The lowest BCUT2D eigenvalue weighted by atomic mass is 10.1. The van der Waals surface area contributed by atoms with E-state index in [4.69, 9.17) is 23.2 Å². The van der Waals surface area contributed by atoms with E-state index in [1.807, 2.05) is 13.8 Å². The molecule has 0 aliphatic carbocycles. The van der Waals surface area contributed by atoms with E-state index >= 15 is 0 Å². The number of benzene rings is 3. The van der Waals surface area contributed by atoms with E-state index in [0.29, 0.717) is 33.4 Å². The predicted octanol–water partition coefficient (Wildman–Crippen LogP) is 5.69. The van der Waals surface area contributed by atoms with E-state index in [0.717, 1.165) is 4.31 Å². The molecule has 10 heteroatoms. The Morgan fingerprint density at radius 3 is 2.18 bits per heavy atom. The van der Waals surface area contributed by atoms with Gasteiger partial charge in [-0.3, -0.25) is 13.9 Å². The number of aryl methyl sites for hydroxylation is 1. The van der Waals surface area contributed by atoms with Gasteiger partial charge in [0, 0.05) is 23.1 Å². The smallest absolute Gasteiger partial charge is 0.264 e. The molecule has 0 spiro atoms. The molecule has 3 rings (SSSR count). The fourth-order valence-electron chi connectivity index (χ4n) is 3.96. The van der Waals surface area contributed by atoms with Gasteiger partial charge in [0.1, 0.15) is 12.6 Å². The molecule has 1 atom stereocenters. The minimum absolute atomic E-state index is 0.00734. The first-order valence-electron chi connectivity index (χ1n) is 12.6. The minimum Gasteiger partial charge on any atom is -0.354 e. The molecule has 208 valence electrons. The van der Waals surface area contributed by atoms with Crippen molar-refractivity contribution in [3.05, 3.63) is 94.0 Å². The highest BCUT2D eigenvalue weighted by Gasteiger charge is 2.33. The lowest BCUT2D eigenvalue weighted by Gasteiger charge is -2.32. The molecule has 0 fully saturated rings. The Morgan fingerprint density at radius 2 is 1.56 bits per heavy atom. The van der Waals surface area contributed by atoms with Crippen LogP contribution in [0.3, 0.4) is 0 Å². The number of carbonyl (C=O) groups excluding carboxylic acids is 2. The Balaban J connectivity index is 2.02. The van der Waals surface area contributed by atoms with Gasteiger partial charge >= 0.3 is 0 Å². The normalized spacial score (nSPS) is 12.2. The maximum Gasteiger partial charge on any atom is 0.264 e. The fraction of sp³-hybridized carbons (Fsp3) is 0.310. The quantitative estimate of drug-likeness (QED) is 0.311. The fourth-order valence-corrected chi connectivity index (χ4v) is 5.78. The van der Waals surface area contributed by atoms with Gasteiger partial charge in [0.15, 0.2) is 0 Å². The summed E-state index contributed by atoms with van der Waals surface area (Å²) >= 11 is 12.2. The number of amides is 2. The molecule has 1 unspecified atom stereocenters. The van der Waals surface area contributed by atoms with Gasteiger partial charge in [0.25, 0.3) is 10.0 Å². The van der Waals surface area contributed by atoms with Crippen LogP contribution in [-0.4, -0.2) is 44.3 Å². The molecular weight excluding hydrogens is 557 g/mol. The van der Waals surface area contributed by atoms with Crippen LogP contribution in [0.4, 0.5) is 5.69 Å². The Bertz CT molecular complexity index is 1410. The number of rotatable bonds is 11. The summed E-state index contributed by atoms with van der Waals surface area (Å²) in [7, 11) is -4.16. The van der Waals surface area contributed by atoms with E-state index < -0.39 is 28.5 Å². The number of nitrogens with one attached hydrogen (secondary N) is 1. The molecule has 0 saturated heterocycles. The zero-order valence-corrected chi connectivity index (χ0v) is 24.7. The molecule has 0 aliphatic rings. The van der Waals surface area contributed by atoms with Crippen molar-refractivity contribution in [3.63, 3.8) is 0 Å². The van der Waals surface area contributed by atoms with Crippen molar-refractivity contribution in [2.24, 2.45) is 5.92 Å². The van der Waals surface area contributed by atoms with Crippen LogP contribution in [0.5, 0.6) is 0 Å². The second-order valence-corrected chi connectivity index (χ2v) is 12.5. The molecule has 3 aromatic carbocycles. The van der Waals surface area contributed by atoms with Crippen LogP contribution in [-0.2, 0) is 26.2 Å². The van der Waals surface area contributed by atoms with Crippen LogP contribution in [0.2, 0.25) is 10.0 Å². The maximum absolute atomic E-state index is 13.9. The average molecular weight is 591 g/mol. The highest BCUT2D eigenvalue weighted by molar-refractivity contribution is 7.92. The average Bonchev–Trinajstić information content (AvgIpc) is 2.89. The monoisotopic (exact) mass is 589 g/mol. The summed E-state index contributed by atoms with van der Waals surface area (Å²) in [6.07, 6.45) is 0. The zero-order valence-electron chi connectivity index (χ0n) is 22.4. The van der Waals surface area contributed by atoms with Crippen LogP contribution in [0.15, 0.2) is 77.7 Å². The molecule has 2 amide bonds. The summed E-state index contributed by atoms with van der Waals surface area (Å²) in [4.78, 5) is 28.3. The molecule has 0 aliphatic heterocycles. The lowest BCUT2D eigenvalue weighted by Crippen LogP contribution is -2.51. The van der Waals surface area contributed by atoms with Crippen molar-refractivity contribution in [1.29, 1.82) is 0 Å². The summed E-state index contributed by atoms with van der Waals surface area (Å²) in [5.74, 6) is -0.649. The minimum atomic E-state index is -4.16. The Labute approximate surface area is 240 Å². The molecule has 1 N–H and O–H groups in total. The van der Waals surface area contributed by atoms with E-state index in [1.165, 1.54) is 29.2 Å². The lowest BCUT2D eigenvalue weighted by molar-refractivity contribution is -0.139. The van der Waals surface area contributed by atoms with Crippen molar-refractivity contribution < 1.29 is 18.0 Å². The van der Waals surface area contributed by atoms with Crippen molar-refractivity contribution in [1.82, 2.24) is 10.2 Å². The SMILES string of the molecule is Cc1ccccc1N(CC(=O)N(Cc1cccc(Cl)c1)C(C)C(=O)NCC(C)C)S(=O)(=O)c1ccc(Cl)cc1. The van der Waals surface area contributed by atoms with Gasteiger partial charge in [-0.2, -0.15) is 0 Å². The van der Waals surface area contributed by atoms with Gasteiger partial charge in [0.2, 0.25) is 11.8 Å². The van der Waals surface area contributed by atoms with Crippen LogP contribution < -0.4 is 9.62 Å². The molecule has 0 heterocycles. The first kappa shape index (κ1) is 30.5. The first-order chi connectivity index (χ1) is 18.4. The third-order valence-electron chi connectivity index (χ3n) is 6.16. The standard InChI is InChI=1S/C29H33Cl2N3O4S/c1-20(2)17-32-29(36)22(4)33(18-23-9-7-10-25(31)16-23)28(35)19-34(27-11-6-5-8-21(27)3)39(37,38)26-14-12-24(30)13-15-26/h5-16,20,22H,17-19H2,1-4H3,(H,32,36). The third kappa shape index (κ3) is 7.97. The van der Waals surface area contributed by atoms with Crippen LogP contribution >= 0.6 is 23.2 Å². The highest BCUT2D eigenvalue weighted by atomic mass is 35.5. The second-order valence-electron chi connectivity index (χ2n) is 9.72. The van der Waals surface area contributed by atoms with Gasteiger partial charge in [-0.15, -0.1) is 0 Å². The van der Waals surface area contributed by atoms with Crippen molar-refractivity contribution in [2.45, 2.75) is 45.2 Å². The number of halogens is 2. The van der Waals surface area contributed by atoms with Gasteiger partial charge in [0.05, 0.1) is 10.6 Å². The van der Waals surface area contributed by atoms with Gasteiger partial charge in [-0.1, -0.05) is 67.4 Å². The zero-order chi connectivity index (χ0) is 28.7. The number of para-hydroxylation sites is 1. The summed E-state index contributed by atoms with van der Waals surface area (Å²) < 4.78 is 28.8. The molecule has 0 bridgehead atoms. The molecule has 39 heavy (non-hydrogen) atoms. The second kappa shape index (κ2) is 13.3. The maximum atomic E-state index is 13.9. The topological polar surface area (TPSA) is 86.8 Å². The Hall–Kier alpha value is -3.07. The molecule has 0 saturated carbocycles. The molecular formula is C29H33Cl2N3O4S. The van der Waals surface area contributed by atoms with Gasteiger partial charge in [-0.05, 0) is 73.4 Å². The van der Waals surface area contributed by atoms with Crippen LogP contribution in [0.25, 0.3) is 0 Å². The highest BCUT2D eigenvalue weighted by Crippen LogP contribution is 2.28. The first-order valence-corrected chi connectivity index (χ1v) is 14.7. The third-order valence-corrected chi connectivity index (χ3v) is 8.42. The number of anilines is 1. The number of sulfonamides is 1. The van der Waals surface area contributed by atoms with E-state index in [-0.39, 0.29) is 23.3 Å². The Morgan fingerprint density at radius 1 is 0.897 bits per heavy atom. The number of hydrogen-bond acceptors (Lipinski definition) is 4. The van der Waals surface area contributed by atoms with E-state index in [9.17, 15) is 18.0 Å². The van der Waals surface area contributed by atoms with Gasteiger partial charge < -0.3 is 10.2 Å². The van der Waals surface area contributed by atoms with E-state index in [1.54, 1.807) is 62.4 Å². The van der Waals surface area contributed by atoms with Crippen molar-refractivity contribution in [3.8, 4) is 0 Å². The number of nitrogens with zero attached hydrogens (tertiary/aromatic N) is 2. The van der Waals surface area contributed by atoms with Gasteiger partial charge in [-0.25, -0.2) is 8.42 Å². The van der Waals surface area contributed by atoms with E-state index in [2.05, 4.69) is 5.32 Å². The van der Waals surface area contributed by atoms with Crippen LogP contribution in [0, 0.1) is 12.8 Å². The molecule has 0 aromatic heterocycles. The summed E-state index contributed by atoms with van der Waals surface area (Å²) in [5, 5.41) is 3.75. The van der Waals surface area contributed by atoms with Crippen molar-refractivity contribution in [2.75, 3.05) is 17.4 Å². The van der Waals surface area contributed by atoms with Crippen LogP contribution in [0.1, 0.15) is 31.9 Å². The summed E-state index contributed by atoms with van der Waals surface area (Å²) in [6, 6.07) is 18.8. The molecule has 0 radical (unpaired) electrons. The largest absolute Gasteiger partial charge is 0.354 e. The summed E-state index contributed by atoms with van der Waals surface area (Å²) in [5.41, 5.74) is 1.75. The molecule has 3 aromatic rings. The number of hydrogen-bond donors (Lipinski definition) is 1. The van der Waals surface area contributed by atoms with Crippen molar-refractivity contribution >= 4 is 50.7 Å². The molecule has 7 nitrogen and oxygen atoms in total. The summed E-state index contributed by atoms with van der Waals surface area (Å²) in [6.45, 7) is 7.35. The number of carbonyl (C=O) groups is 2. The Kier molecular flexibility index (Phi) is 10.4.